The Morgan fingerprint density at radius 3 is 2.38 bits per heavy atom. The SMILES string of the molecule is C=C1C[C@@H]2CC[C@@]34C[C@@H]5O[C@H]6C(O3)C3O[C@H](CC[C@@H]3O[C@H]6C5O4)CC(=O)C[C@@H]3[C@@H](OC)[C@@H](C[C@H](O)CN)O[C@H]3C[C@H]3O[C@@H](CC[C@@H]1O2)C[C@@H](C)C3=C. The molecule has 3 unspecified atom stereocenters. The zero-order valence-electron chi connectivity index (χ0n) is 30.8. The second-order valence-electron chi connectivity index (χ2n) is 17.4. The van der Waals surface area contributed by atoms with E-state index in [1.807, 2.05) is 0 Å². The number of carbonyl (C=O) groups excluding carboxylic acids is 1. The summed E-state index contributed by atoms with van der Waals surface area (Å²) in [6, 6.07) is 0. The molecule has 10 aliphatic heterocycles. The molecule has 10 saturated heterocycles. The first-order valence-corrected chi connectivity index (χ1v) is 20.2. The molecule has 52 heavy (non-hydrogen) atoms. The van der Waals surface area contributed by atoms with E-state index in [1.165, 1.54) is 0 Å². The van der Waals surface area contributed by atoms with Gasteiger partial charge in [0.25, 0.3) is 0 Å². The number of fused-ring (bicyclic) bond motifs is 6. The van der Waals surface area contributed by atoms with Crippen molar-refractivity contribution in [2.45, 2.75) is 194 Å². The van der Waals surface area contributed by atoms with Crippen molar-refractivity contribution in [3.8, 4) is 0 Å². The van der Waals surface area contributed by atoms with Crippen LogP contribution >= 0.6 is 0 Å². The Labute approximate surface area is 307 Å². The van der Waals surface area contributed by atoms with Gasteiger partial charge in [-0.25, -0.2) is 0 Å². The van der Waals surface area contributed by atoms with Crippen LogP contribution in [0.15, 0.2) is 24.3 Å². The van der Waals surface area contributed by atoms with E-state index in [0.29, 0.717) is 25.7 Å². The van der Waals surface area contributed by atoms with E-state index in [-0.39, 0.29) is 122 Å². The number of hydrogen-bond acceptors (Lipinski definition) is 12. The van der Waals surface area contributed by atoms with Crippen molar-refractivity contribution < 1.29 is 52.5 Å². The number of nitrogens with two attached hydrogens (primary N) is 1. The number of Topliss-reactive ketones (excluding diaryl/α,β-unsaturated/α-hetero) is 1. The van der Waals surface area contributed by atoms with Gasteiger partial charge in [-0.3, -0.25) is 4.79 Å². The van der Waals surface area contributed by atoms with E-state index in [0.717, 1.165) is 56.1 Å². The van der Waals surface area contributed by atoms with Crippen LogP contribution in [0, 0.1) is 11.8 Å². The first-order chi connectivity index (χ1) is 25.1. The summed E-state index contributed by atoms with van der Waals surface area (Å²) < 4.78 is 60.0. The van der Waals surface area contributed by atoms with Crippen molar-refractivity contribution in [3.63, 3.8) is 0 Å². The van der Waals surface area contributed by atoms with Crippen LogP contribution in [-0.4, -0.2) is 128 Å². The number of carbonyl (C=O) groups is 1. The fraction of sp³-hybridized carbons (Fsp3) is 0.875. The molecule has 19 atom stereocenters. The molecule has 10 rings (SSSR count). The average molecular weight is 730 g/mol. The van der Waals surface area contributed by atoms with E-state index >= 15 is 0 Å². The van der Waals surface area contributed by atoms with Crippen LogP contribution in [0.3, 0.4) is 0 Å². The Morgan fingerprint density at radius 1 is 0.808 bits per heavy atom. The number of methoxy groups -OCH3 is 1. The highest BCUT2D eigenvalue weighted by molar-refractivity contribution is 5.79. The minimum absolute atomic E-state index is 0.0158. The molecule has 3 N–H and O–H groups in total. The molecular weight excluding hydrogens is 670 g/mol. The van der Waals surface area contributed by atoms with Crippen molar-refractivity contribution in [2.75, 3.05) is 13.7 Å². The van der Waals surface area contributed by atoms with Gasteiger partial charge in [-0.1, -0.05) is 20.1 Å². The molecule has 10 fully saturated rings. The lowest BCUT2D eigenvalue weighted by atomic mass is 9.81. The smallest absolute Gasteiger partial charge is 0.172 e. The van der Waals surface area contributed by atoms with Crippen LogP contribution in [0.4, 0.5) is 0 Å². The zero-order valence-corrected chi connectivity index (χ0v) is 30.8. The number of aliphatic hydroxyl groups is 1. The summed E-state index contributed by atoms with van der Waals surface area (Å²) in [5.74, 6) is -0.619. The standard InChI is InChI=1S/C40H59NO11/c1-19-11-24-5-7-28-20(2)12-26(45-28)9-10-40-17-33-36(51-40)37-38(50-33)39(52-40)35-29(49-37)8-6-25(47-35)13-22(42)14-27-31(16-30(46-24)21(19)3)48-32(34(27)44-4)15-23(43)18-41/h19,23-39,43H,2-3,5-18,41H2,1,4H3/t19-,23+,24+,25-,26+,27+,28+,29+,30-,31+,32-,33+,34-,35?,36?,37+,38-,39?,40+/m1/s1. The predicted molar refractivity (Wildman–Crippen MR) is 186 cm³/mol. The first kappa shape index (κ1) is 36.4. The maximum Gasteiger partial charge on any atom is 0.172 e. The van der Waals surface area contributed by atoms with Gasteiger partial charge >= 0.3 is 0 Å². The van der Waals surface area contributed by atoms with Crippen molar-refractivity contribution in [2.24, 2.45) is 17.6 Å². The quantitative estimate of drug-likeness (QED) is 0.409. The van der Waals surface area contributed by atoms with Crippen LogP contribution < -0.4 is 5.73 Å². The lowest BCUT2D eigenvalue weighted by molar-refractivity contribution is -0.292. The van der Waals surface area contributed by atoms with Gasteiger partial charge in [0, 0.05) is 58.1 Å². The maximum atomic E-state index is 14.1. The number of ketones is 1. The number of rotatable bonds is 4. The van der Waals surface area contributed by atoms with Gasteiger partial charge in [-0.05, 0) is 62.0 Å². The molecule has 12 nitrogen and oxygen atoms in total. The summed E-state index contributed by atoms with van der Waals surface area (Å²) in [6.07, 6.45) is 4.85. The summed E-state index contributed by atoms with van der Waals surface area (Å²) in [5, 5.41) is 10.5. The predicted octanol–water partition coefficient (Wildman–Crippen LogP) is 3.44. The normalized spacial score (nSPS) is 52.4. The van der Waals surface area contributed by atoms with E-state index in [4.69, 9.17) is 48.4 Å². The molecule has 0 aromatic rings. The van der Waals surface area contributed by atoms with Crippen LogP contribution in [-0.2, 0) is 47.4 Å². The third kappa shape index (κ3) is 6.59. The van der Waals surface area contributed by atoms with Crippen molar-refractivity contribution in [1.29, 1.82) is 0 Å². The lowest BCUT2D eigenvalue weighted by Crippen LogP contribution is -2.61. The van der Waals surface area contributed by atoms with Gasteiger partial charge in [-0.15, -0.1) is 0 Å². The summed E-state index contributed by atoms with van der Waals surface area (Å²) in [4.78, 5) is 14.1. The van der Waals surface area contributed by atoms with Gasteiger partial charge in [0.05, 0.1) is 67.1 Å². The molecule has 12 heteroatoms. The fourth-order valence-electron chi connectivity index (χ4n) is 11.3. The van der Waals surface area contributed by atoms with E-state index in [9.17, 15) is 9.90 Å². The van der Waals surface area contributed by atoms with Crippen molar-refractivity contribution >= 4 is 5.78 Å². The third-order valence-electron chi connectivity index (χ3n) is 14.0. The first-order valence-electron chi connectivity index (χ1n) is 20.2. The van der Waals surface area contributed by atoms with Gasteiger partial charge in [0.15, 0.2) is 5.79 Å². The van der Waals surface area contributed by atoms with Crippen molar-refractivity contribution in [3.05, 3.63) is 24.3 Å². The minimum atomic E-state index is -0.780. The van der Waals surface area contributed by atoms with Crippen LogP contribution in [0.25, 0.3) is 0 Å². The Bertz CT molecular complexity index is 1380. The highest BCUT2D eigenvalue weighted by Crippen LogP contribution is 2.54. The largest absolute Gasteiger partial charge is 0.392 e. The molecule has 290 valence electrons. The fourth-order valence-corrected chi connectivity index (χ4v) is 11.3. The van der Waals surface area contributed by atoms with Gasteiger partial charge < -0.3 is 53.5 Å². The molecule has 1 spiro atoms. The highest BCUT2D eigenvalue weighted by Gasteiger charge is 2.68. The molecule has 0 aliphatic carbocycles. The molecule has 0 radical (unpaired) electrons. The Kier molecular flexibility index (Phi) is 10.0. The molecule has 0 saturated carbocycles. The summed E-state index contributed by atoms with van der Waals surface area (Å²) in [6.45, 7) is 11.3. The van der Waals surface area contributed by atoms with Crippen LogP contribution in [0.5, 0.6) is 0 Å². The monoisotopic (exact) mass is 729 g/mol. The molecule has 0 aromatic carbocycles. The Hall–Kier alpha value is -1.29. The van der Waals surface area contributed by atoms with Gasteiger partial charge in [0.1, 0.15) is 36.3 Å². The topological polar surface area (TPSA) is 146 Å². The summed E-state index contributed by atoms with van der Waals surface area (Å²) in [5.41, 5.74) is 8.01. The van der Waals surface area contributed by atoms with Crippen LogP contribution in [0.1, 0.15) is 90.4 Å². The highest BCUT2D eigenvalue weighted by atomic mass is 16.8. The molecule has 12 bridgehead atoms. The number of aliphatic hydroxyl groups excluding tert-OH is 1. The maximum absolute atomic E-state index is 14.1. The molecule has 10 aliphatic rings. The van der Waals surface area contributed by atoms with E-state index < -0.39 is 18.0 Å². The summed E-state index contributed by atoms with van der Waals surface area (Å²) in [7, 11) is 1.66. The third-order valence-corrected chi connectivity index (χ3v) is 14.0. The average Bonchev–Trinajstić information content (AvgIpc) is 3.79. The van der Waals surface area contributed by atoms with Crippen molar-refractivity contribution in [1.82, 2.24) is 0 Å². The number of ether oxygens (including phenoxy) is 9. The summed E-state index contributed by atoms with van der Waals surface area (Å²) >= 11 is 0. The second kappa shape index (κ2) is 14.3. The molecule has 10 heterocycles. The second-order valence-corrected chi connectivity index (χ2v) is 17.4. The Balaban J connectivity index is 0.994. The molecule has 0 amide bonds. The van der Waals surface area contributed by atoms with Gasteiger partial charge in [-0.2, -0.15) is 0 Å². The van der Waals surface area contributed by atoms with E-state index in [2.05, 4.69) is 20.1 Å². The Morgan fingerprint density at radius 2 is 1.56 bits per heavy atom. The molecular formula is C40H59NO11. The van der Waals surface area contributed by atoms with Crippen LogP contribution in [0.2, 0.25) is 0 Å². The minimum Gasteiger partial charge on any atom is -0.392 e. The lowest BCUT2D eigenvalue weighted by Gasteiger charge is -2.47. The molecule has 0 aromatic heterocycles. The van der Waals surface area contributed by atoms with Gasteiger partial charge in [0.2, 0.25) is 0 Å². The number of hydrogen-bond donors (Lipinski definition) is 2. The van der Waals surface area contributed by atoms with E-state index in [1.54, 1.807) is 7.11 Å². The zero-order chi connectivity index (χ0) is 35.9.